The number of H-pyrrole nitrogens is 1. The standard InChI is InChI=1S/C15H12F3N3S/c16-15(17,18)10-5-6-11(19)9(7-10)8-22-14-20-12-3-1-2-4-13(12)21-14/h1-7H,8,19H2,(H,20,21). The summed E-state index contributed by atoms with van der Waals surface area (Å²) >= 11 is 1.32. The Labute approximate surface area is 128 Å². The largest absolute Gasteiger partial charge is 0.416 e. The molecule has 0 aliphatic heterocycles. The van der Waals surface area contributed by atoms with E-state index in [0.717, 1.165) is 23.2 Å². The molecule has 22 heavy (non-hydrogen) atoms. The van der Waals surface area contributed by atoms with Crippen molar-refractivity contribution < 1.29 is 13.2 Å². The van der Waals surface area contributed by atoms with Crippen LogP contribution in [-0.4, -0.2) is 9.97 Å². The van der Waals surface area contributed by atoms with Gasteiger partial charge in [-0.05, 0) is 35.9 Å². The van der Waals surface area contributed by atoms with Crippen molar-refractivity contribution >= 4 is 28.5 Å². The topological polar surface area (TPSA) is 54.7 Å². The van der Waals surface area contributed by atoms with E-state index < -0.39 is 11.7 Å². The molecular formula is C15H12F3N3S. The number of aromatic nitrogens is 2. The van der Waals surface area contributed by atoms with E-state index >= 15 is 0 Å². The number of nitrogens with one attached hydrogen (secondary N) is 1. The fourth-order valence-corrected chi connectivity index (χ4v) is 2.94. The quantitative estimate of drug-likeness (QED) is 0.553. The molecule has 1 heterocycles. The van der Waals surface area contributed by atoms with Gasteiger partial charge in [0.1, 0.15) is 0 Å². The molecule has 0 aliphatic carbocycles. The molecule has 114 valence electrons. The molecule has 3 aromatic rings. The number of fused-ring (bicyclic) bond motifs is 1. The summed E-state index contributed by atoms with van der Waals surface area (Å²) < 4.78 is 38.2. The predicted octanol–water partition coefficient (Wildman–Crippen LogP) is 4.46. The first-order valence-electron chi connectivity index (χ1n) is 6.46. The first kappa shape index (κ1) is 14.8. The maximum absolute atomic E-state index is 12.7. The third-order valence-corrected chi connectivity index (χ3v) is 4.12. The van der Waals surface area contributed by atoms with Crippen molar-refractivity contribution in [3.05, 3.63) is 53.6 Å². The van der Waals surface area contributed by atoms with Crippen LogP contribution in [0.3, 0.4) is 0 Å². The van der Waals surface area contributed by atoms with Crippen LogP contribution in [-0.2, 0) is 11.9 Å². The Kier molecular flexibility index (Phi) is 3.74. The fourth-order valence-electron chi connectivity index (χ4n) is 2.05. The average Bonchev–Trinajstić information content (AvgIpc) is 2.88. The number of thioether (sulfide) groups is 1. The van der Waals surface area contributed by atoms with Crippen molar-refractivity contribution in [3.63, 3.8) is 0 Å². The number of halogens is 3. The Morgan fingerprint density at radius 3 is 2.64 bits per heavy atom. The summed E-state index contributed by atoms with van der Waals surface area (Å²) in [5.41, 5.74) is 7.57. The molecule has 1 aromatic heterocycles. The molecular weight excluding hydrogens is 311 g/mol. The number of hydrogen-bond acceptors (Lipinski definition) is 3. The Hall–Kier alpha value is -2.15. The molecule has 3 nitrogen and oxygen atoms in total. The van der Waals surface area contributed by atoms with Crippen LogP contribution in [0.25, 0.3) is 11.0 Å². The zero-order valence-electron chi connectivity index (χ0n) is 11.3. The smallest absolute Gasteiger partial charge is 0.398 e. The molecule has 0 amide bonds. The second-order valence-electron chi connectivity index (χ2n) is 4.76. The van der Waals surface area contributed by atoms with Crippen molar-refractivity contribution in [2.75, 3.05) is 5.73 Å². The molecule has 2 aromatic carbocycles. The summed E-state index contributed by atoms with van der Waals surface area (Å²) in [7, 11) is 0. The summed E-state index contributed by atoms with van der Waals surface area (Å²) in [5, 5.41) is 0.651. The number of rotatable bonds is 3. The van der Waals surface area contributed by atoms with E-state index in [9.17, 15) is 13.2 Å². The van der Waals surface area contributed by atoms with E-state index in [-0.39, 0.29) is 0 Å². The van der Waals surface area contributed by atoms with Gasteiger partial charge in [0.2, 0.25) is 0 Å². The zero-order valence-corrected chi connectivity index (χ0v) is 12.1. The van der Waals surface area contributed by atoms with E-state index in [1.807, 2.05) is 24.3 Å². The Morgan fingerprint density at radius 2 is 1.91 bits per heavy atom. The molecule has 0 atom stereocenters. The number of aromatic amines is 1. The number of para-hydroxylation sites is 2. The molecule has 3 N–H and O–H groups in total. The Balaban J connectivity index is 1.81. The normalized spacial score (nSPS) is 12.0. The van der Waals surface area contributed by atoms with Gasteiger partial charge in [-0.2, -0.15) is 13.2 Å². The maximum Gasteiger partial charge on any atom is 0.416 e. The van der Waals surface area contributed by atoms with Crippen LogP contribution in [0.15, 0.2) is 47.6 Å². The lowest BCUT2D eigenvalue weighted by Gasteiger charge is -2.10. The lowest BCUT2D eigenvalue weighted by atomic mass is 10.1. The fraction of sp³-hybridized carbons (Fsp3) is 0.133. The zero-order chi connectivity index (χ0) is 15.7. The van der Waals surface area contributed by atoms with Crippen molar-refractivity contribution in [1.82, 2.24) is 9.97 Å². The molecule has 7 heteroatoms. The summed E-state index contributed by atoms with van der Waals surface area (Å²) in [6.45, 7) is 0. The summed E-state index contributed by atoms with van der Waals surface area (Å²) in [4.78, 5) is 7.49. The lowest BCUT2D eigenvalue weighted by Crippen LogP contribution is -2.06. The highest BCUT2D eigenvalue weighted by Gasteiger charge is 2.30. The summed E-state index contributed by atoms with van der Waals surface area (Å²) in [6.07, 6.45) is -4.37. The number of nitrogens with zero attached hydrogens (tertiary/aromatic N) is 1. The highest BCUT2D eigenvalue weighted by molar-refractivity contribution is 7.98. The van der Waals surface area contributed by atoms with Gasteiger partial charge in [-0.25, -0.2) is 4.98 Å². The molecule has 0 spiro atoms. The molecule has 0 radical (unpaired) electrons. The molecule has 0 saturated carbocycles. The Bertz CT molecular complexity index is 778. The molecule has 0 saturated heterocycles. The number of anilines is 1. The van der Waals surface area contributed by atoms with E-state index in [1.54, 1.807) is 0 Å². The van der Waals surface area contributed by atoms with Crippen LogP contribution in [0.4, 0.5) is 18.9 Å². The van der Waals surface area contributed by atoms with Gasteiger partial charge in [0.25, 0.3) is 0 Å². The van der Waals surface area contributed by atoms with Crippen molar-refractivity contribution in [1.29, 1.82) is 0 Å². The van der Waals surface area contributed by atoms with Crippen molar-refractivity contribution in [2.45, 2.75) is 17.1 Å². The number of alkyl halides is 3. The van der Waals surface area contributed by atoms with E-state index in [4.69, 9.17) is 5.73 Å². The monoisotopic (exact) mass is 323 g/mol. The summed E-state index contributed by atoms with van der Waals surface area (Å²) in [5.74, 6) is 0.315. The summed E-state index contributed by atoms with van der Waals surface area (Å²) in [6, 6.07) is 10.9. The second kappa shape index (κ2) is 5.57. The minimum atomic E-state index is -4.37. The van der Waals surface area contributed by atoms with Crippen LogP contribution in [0.5, 0.6) is 0 Å². The second-order valence-corrected chi connectivity index (χ2v) is 5.72. The van der Waals surface area contributed by atoms with Gasteiger partial charge in [0, 0.05) is 11.4 Å². The molecule has 0 unspecified atom stereocenters. The first-order valence-corrected chi connectivity index (χ1v) is 7.45. The molecule has 0 fully saturated rings. The third kappa shape index (κ3) is 3.04. The molecule has 0 aliphatic rings. The predicted molar refractivity (Wildman–Crippen MR) is 81.5 cm³/mol. The third-order valence-electron chi connectivity index (χ3n) is 3.20. The average molecular weight is 323 g/mol. The van der Waals surface area contributed by atoms with Gasteiger partial charge in [-0.1, -0.05) is 23.9 Å². The number of nitrogen functional groups attached to an aromatic ring is 1. The minimum Gasteiger partial charge on any atom is -0.398 e. The van der Waals surface area contributed by atoms with Gasteiger partial charge in [0.05, 0.1) is 16.6 Å². The van der Waals surface area contributed by atoms with Gasteiger partial charge >= 0.3 is 6.18 Å². The minimum absolute atomic E-state index is 0.315. The van der Waals surface area contributed by atoms with E-state index in [1.165, 1.54) is 17.8 Å². The van der Waals surface area contributed by atoms with Gasteiger partial charge in [-0.3, -0.25) is 0 Å². The van der Waals surface area contributed by atoms with Gasteiger partial charge < -0.3 is 10.7 Å². The van der Waals surface area contributed by atoms with Crippen LogP contribution in [0, 0.1) is 0 Å². The van der Waals surface area contributed by atoms with E-state index in [0.29, 0.717) is 22.2 Å². The van der Waals surface area contributed by atoms with Gasteiger partial charge in [0.15, 0.2) is 5.16 Å². The number of nitrogens with two attached hydrogens (primary N) is 1. The first-order chi connectivity index (χ1) is 10.4. The van der Waals surface area contributed by atoms with E-state index in [2.05, 4.69) is 9.97 Å². The highest BCUT2D eigenvalue weighted by atomic mass is 32.2. The molecule has 0 bridgehead atoms. The number of hydrogen-bond donors (Lipinski definition) is 2. The van der Waals surface area contributed by atoms with Crippen LogP contribution in [0.2, 0.25) is 0 Å². The van der Waals surface area contributed by atoms with Crippen LogP contribution < -0.4 is 5.73 Å². The Morgan fingerprint density at radius 1 is 1.14 bits per heavy atom. The van der Waals surface area contributed by atoms with Gasteiger partial charge in [-0.15, -0.1) is 0 Å². The maximum atomic E-state index is 12.7. The SMILES string of the molecule is Nc1ccc(C(F)(F)F)cc1CSc1nc2ccccc2[nH]1. The van der Waals surface area contributed by atoms with Crippen LogP contribution in [0.1, 0.15) is 11.1 Å². The van der Waals surface area contributed by atoms with Crippen molar-refractivity contribution in [3.8, 4) is 0 Å². The van der Waals surface area contributed by atoms with Crippen LogP contribution >= 0.6 is 11.8 Å². The lowest BCUT2D eigenvalue weighted by molar-refractivity contribution is -0.137. The highest BCUT2D eigenvalue weighted by Crippen LogP contribution is 2.33. The number of imidazole rings is 1. The van der Waals surface area contributed by atoms with Crippen molar-refractivity contribution in [2.24, 2.45) is 0 Å². The number of benzene rings is 2. The molecule has 3 rings (SSSR count).